The largest absolute Gasteiger partial charge is 0.392 e. The molecule has 0 spiro atoms. The van der Waals surface area contributed by atoms with Gasteiger partial charge in [-0.3, -0.25) is 4.79 Å². The molecule has 1 amide bonds. The molecule has 0 saturated carbocycles. The van der Waals surface area contributed by atoms with E-state index < -0.39 is 12.2 Å². The fourth-order valence-electron chi connectivity index (χ4n) is 2.90. The molecule has 1 aliphatic rings. The second-order valence-corrected chi connectivity index (χ2v) is 5.76. The Labute approximate surface area is 130 Å². The average Bonchev–Trinajstić information content (AvgIpc) is 2.79. The summed E-state index contributed by atoms with van der Waals surface area (Å²) in [4.78, 5) is 10.9. The number of nitrogens with one attached hydrogen (secondary N) is 2. The summed E-state index contributed by atoms with van der Waals surface area (Å²) < 4.78 is 0. The van der Waals surface area contributed by atoms with Gasteiger partial charge in [-0.2, -0.15) is 0 Å². The fourth-order valence-corrected chi connectivity index (χ4v) is 2.90. The number of hydrogen-bond acceptors (Lipinski definition) is 5. The molecule has 6 heteroatoms. The second-order valence-electron chi connectivity index (χ2n) is 5.76. The molecule has 0 aliphatic carbocycles. The molecule has 22 heavy (non-hydrogen) atoms. The molecule has 0 bridgehead atoms. The number of carbonyl (C=O) groups excluding carboxylic acids is 1. The molecule has 2 rings (SSSR count). The van der Waals surface area contributed by atoms with Gasteiger partial charge in [-0.15, -0.1) is 0 Å². The summed E-state index contributed by atoms with van der Waals surface area (Å²) in [6, 6.07) is 7.05. The SMILES string of the molecule is CC(=O)NC[C@H]1N[C@H](CCc2ccccc2CO)[C@@H](O)[C@@H]1O. The Morgan fingerprint density at radius 3 is 2.45 bits per heavy atom. The molecule has 6 nitrogen and oxygen atoms in total. The van der Waals surface area contributed by atoms with Crippen molar-refractivity contribution in [2.45, 2.75) is 50.7 Å². The highest BCUT2D eigenvalue weighted by Gasteiger charge is 2.40. The highest BCUT2D eigenvalue weighted by Crippen LogP contribution is 2.20. The second kappa shape index (κ2) is 7.69. The molecule has 4 atom stereocenters. The van der Waals surface area contributed by atoms with Crippen LogP contribution in [0.1, 0.15) is 24.5 Å². The molecule has 1 aromatic carbocycles. The maximum Gasteiger partial charge on any atom is 0.216 e. The van der Waals surface area contributed by atoms with E-state index in [4.69, 9.17) is 0 Å². The standard InChI is InChI=1S/C16H24N2O4/c1-10(20)17-8-14-16(22)15(21)13(18-14)7-6-11-4-2-3-5-12(11)9-19/h2-5,13-16,18-19,21-22H,6-9H2,1H3,(H,17,20)/t13-,14-,15-,16-/m1/s1. The summed E-state index contributed by atoms with van der Waals surface area (Å²) >= 11 is 0. The van der Waals surface area contributed by atoms with Gasteiger partial charge in [0.05, 0.1) is 24.9 Å². The van der Waals surface area contributed by atoms with Crippen molar-refractivity contribution in [1.29, 1.82) is 0 Å². The van der Waals surface area contributed by atoms with Crippen LogP contribution in [-0.2, 0) is 17.8 Å². The maximum absolute atomic E-state index is 10.9. The lowest BCUT2D eigenvalue weighted by Crippen LogP contribution is -2.43. The first-order valence-electron chi connectivity index (χ1n) is 7.57. The molecule has 1 fully saturated rings. The normalized spacial score (nSPS) is 27.8. The summed E-state index contributed by atoms with van der Waals surface area (Å²) in [6.07, 6.45) is -0.415. The first-order chi connectivity index (χ1) is 10.5. The smallest absolute Gasteiger partial charge is 0.216 e. The molecule has 1 saturated heterocycles. The van der Waals surface area contributed by atoms with Gasteiger partial charge in [0.2, 0.25) is 5.91 Å². The Balaban J connectivity index is 1.91. The molecule has 5 N–H and O–H groups in total. The van der Waals surface area contributed by atoms with Crippen molar-refractivity contribution in [3.05, 3.63) is 35.4 Å². The summed E-state index contributed by atoms with van der Waals surface area (Å²) in [5, 5.41) is 35.3. The van der Waals surface area contributed by atoms with Crippen molar-refractivity contribution in [2.75, 3.05) is 6.54 Å². The fraction of sp³-hybridized carbons (Fsp3) is 0.562. The highest BCUT2D eigenvalue weighted by molar-refractivity contribution is 5.72. The highest BCUT2D eigenvalue weighted by atomic mass is 16.3. The van der Waals surface area contributed by atoms with Gasteiger partial charge in [-0.1, -0.05) is 24.3 Å². The molecule has 0 unspecified atom stereocenters. The van der Waals surface area contributed by atoms with Crippen LogP contribution in [0.2, 0.25) is 0 Å². The van der Waals surface area contributed by atoms with Gasteiger partial charge in [0.25, 0.3) is 0 Å². The Bertz CT molecular complexity index is 509. The van der Waals surface area contributed by atoms with E-state index in [0.29, 0.717) is 12.8 Å². The van der Waals surface area contributed by atoms with Gasteiger partial charge in [-0.05, 0) is 24.0 Å². The summed E-state index contributed by atoms with van der Waals surface area (Å²) in [7, 11) is 0. The van der Waals surface area contributed by atoms with Crippen molar-refractivity contribution in [2.24, 2.45) is 0 Å². The van der Waals surface area contributed by atoms with Crippen LogP contribution in [0.15, 0.2) is 24.3 Å². The van der Waals surface area contributed by atoms with Gasteiger partial charge in [0, 0.05) is 19.5 Å². The van der Waals surface area contributed by atoms with E-state index in [1.807, 2.05) is 24.3 Å². The van der Waals surface area contributed by atoms with Gasteiger partial charge in [0.15, 0.2) is 0 Å². The van der Waals surface area contributed by atoms with E-state index in [2.05, 4.69) is 10.6 Å². The molecular weight excluding hydrogens is 284 g/mol. The summed E-state index contributed by atoms with van der Waals surface area (Å²) in [5.74, 6) is -0.163. The Morgan fingerprint density at radius 2 is 1.82 bits per heavy atom. The zero-order valence-corrected chi connectivity index (χ0v) is 12.7. The minimum Gasteiger partial charge on any atom is -0.392 e. The van der Waals surface area contributed by atoms with Gasteiger partial charge in [0.1, 0.15) is 0 Å². The van der Waals surface area contributed by atoms with Crippen LogP contribution in [0.5, 0.6) is 0 Å². The van der Waals surface area contributed by atoms with Crippen LogP contribution in [0.4, 0.5) is 0 Å². The van der Waals surface area contributed by atoms with E-state index >= 15 is 0 Å². The number of benzene rings is 1. The number of aryl methyl sites for hydroxylation is 1. The van der Waals surface area contributed by atoms with E-state index in [1.54, 1.807) is 0 Å². The quantitative estimate of drug-likeness (QED) is 0.479. The number of aliphatic hydroxyl groups is 3. The third-order valence-electron chi connectivity index (χ3n) is 4.19. The Hall–Kier alpha value is -1.47. The van der Waals surface area contributed by atoms with Crippen LogP contribution in [0.25, 0.3) is 0 Å². The first kappa shape index (κ1) is 16.9. The van der Waals surface area contributed by atoms with Gasteiger partial charge >= 0.3 is 0 Å². The van der Waals surface area contributed by atoms with E-state index in [1.165, 1.54) is 6.92 Å². The summed E-state index contributed by atoms with van der Waals surface area (Å²) in [6.45, 7) is 1.70. The third-order valence-corrected chi connectivity index (χ3v) is 4.19. The Kier molecular flexibility index (Phi) is 5.90. The first-order valence-corrected chi connectivity index (χ1v) is 7.57. The number of aliphatic hydroxyl groups excluding tert-OH is 3. The van der Waals surface area contributed by atoms with Gasteiger partial charge in [-0.25, -0.2) is 0 Å². The maximum atomic E-state index is 10.9. The van der Waals surface area contributed by atoms with Crippen molar-refractivity contribution in [1.82, 2.24) is 10.6 Å². The van der Waals surface area contributed by atoms with Crippen molar-refractivity contribution >= 4 is 5.91 Å². The topological polar surface area (TPSA) is 102 Å². The Morgan fingerprint density at radius 1 is 1.18 bits per heavy atom. The molecular formula is C16H24N2O4. The predicted molar refractivity (Wildman–Crippen MR) is 82.1 cm³/mol. The third kappa shape index (κ3) is 4.04. The van der Waals surface area contributed by atoms with E-state index in [0.717, 1.165) is 11.1 Å². The zero-order valence-electron chi connectivity index (χ0n) is 12.7. The minimum atomic E-state index is -0.898. The number of amides is 1. The van der Waals surface area contributed by atoms with Crippen molar-refractivity contribution in [3.8, 4) is 0 Å². The van der Waals surface area contributed by atoms with Crippen LogP contribution in [0, 0.1) is 0 Å². The van der Waals surface area contributed by atoms with Crippen LogP contribution in [0.3, 0.4) is 0 Å². The molecule has 1 aromatic rings. The monoisotopic (exact) mass is 308 g/mol. The number of hydrogen-bond donors (Lipinski definition) is 5. The van der Waals surface area contributed by atoms with Crippen molar-refractivity contribution in [3.63, 3.8) is 0 Å². The van der Waals surface area contributed by atoms with Crippen LogP contribution < -0.4 is 10.6 Å². The van der Waals surface area contributed by atoms with E-state index in [-0.39, 0.29) is 31.1 Å². The van der Waals surface area contributed by atoms with Crippen LogP contribution in [-0.4, -0.2) is 52.1 Å². The van der Waals surface area contributed by atoms with E-state index in [9.17, 15) is 20.1 Å². The molecule has 1 heterocycles. The molecule has 1 aliphatic heterocycles. The summed E-state index contributed by atoms with van der Waals surface area (Å²) in [5.41, 5.74) is 1.92. The number of carbonyl (C=O) groups is 1. The number of rotatable bonds is 6. The lowest BCUT2D eigenvalue weighted by atomic mass is 9.98. The zero-order chi connectivity index (χ0) is 16.1. The molecule has 0 aromatic heterocycles. The van der Waals surface area contributed by atoms with Crippen LogP contribution >= 0.6 is 0 Å². The average molecular weight is 308 g/mol. The minimum absolute atomic E-state index is 0.00932. The molecule has 0 radical (unpaired) electrons. The predicted octanol–water partition coefficient (Wildman–Crippen LogP) is -0.690. The lowest BCUT2D eigenvalue weighted by Gasteiger charge is -2.16. The van der Waals surface area contributed by atoms with Crippen molar-refractivity contribution < 1.29 is 20.1 Å². The molecule has 122 valence electrons. The lowest BCUT2D eigenvalue weighted by molar-refractivity contribution is -0.119. The van der Waals surface area contributed by atoms with Gasteiger partial charge < -0.3 is 26.0 Å².